The molecule has 5 nitrogen and oxygen atoms in total. The first kappa shape index (κ1) is 18.8. The summed E-state index contributed by atoms with van der Waals surface area (Å²) >= 11 is 7.13. The predicted molar refractivity (Wildman–Crippen MR) is 103 cm³/mol. The lowest BCUT2D eigenvalue weighted by Gasteiger charge is -2.09. The number of rotatable bonds is 7. The Kier molecular flexibility index (Phi) is 6.24. The van der Waals surface area contributed by atoms with Crippen LogP contribution in [-0.2, 0) is 13.0 Å². The Morgan fingerprint density at radius 2 is 2.04 bits per heavy atom. The standard InChI is InChI=1S/C18H18ClFN4OS/c1-26-18-23-15-13(17(25)24-18)12(22-16(19)14(15)20)8-5-9-21-10-11-6-3-2-4-7-11/h2-4,6-7,21H,5,8-10H2,1H3,(H,23,24,25). The Balaban J connectivity index is 1.73. The molecule has 0 spiro atoms. The molecule has 3 rings (SSSR count). The number of aromatic amines is 1. The van der Waals surface area contributed by atoms with Crippen molar-refractivity contribution in [1.82, 2.24) is 20.3 Å². The van der Waals surface area contributed by atoms with Crippen LogP contribution in [0, 0.1) is 5.82 Å². The van der Waals surface area contributed by atoms with E-state index in [1.807, 2.05) is 18.2 Å². The lowest BCUT2D eigenvalue weighted by atomic mass is 10.1. The van der Waals surface area contributed by atoms with Gasteiger partial charge in [0.1, 0.15) is 5.52 Å². The highest BCUT2D eigenvalue weighted by Crippen LogP contribution is 2.23. The van der Waals surface area contributed by atoms with Gasteiger partial charge < -0.3 is 10.3 Å². The van der Waals surface area contributed by atoms with Gasteiger partial charge in [0.05, 0.1) is 11.1 Å². The van der Waals surface area contributed by atoms with Crippen LogP contribution < -0.4 is 10.9 Å². The lowest BCUT2D eigenvalue weighted by Crippen LogP contribution is -2.17. The van der Waals surface area contributed by atoms with E-state index >= 15 is 0 Å². The topological polar surface area (TPSA) is 70.7 Å². The molecule has 0 atom stereocenters. The van der Waals surface area contributed by atoms with E-state index in [0.717, 1.165) is 19.5 Å². The maximum absolute atomic E-state index is 14.3. The fraction of sp³-hybridized carbons (Fsp3) is 0.278. The number of thioether (sulfide) groups is 1. The van der Waals surface area contributed by atoms with Gasteiger partial charge in [-0.1, -0.05) is 53.7 Å². The third-order valence-corrected chi connectivity index (χ3v) is 4.77. The highest BCUT2D eigenvalue weighted by atomic mass is 35.5. The summed E-state index contributed by atoms with van der Waals surface area (Å²) in [5.41, 5.74) is 1.25. The van der Waals surface area contributed by atoms with E-state index in [0.29, 0.717) is 17.3 Å². The molecule has 0 saturated carbocycles. The number of aromatic nitrogens is 3. The van der Waals surface area contributed by atoms with Crippen LogP contribution in [0.4, 0.5) is 4.39 Å². The quantitative estimate of drug-likeness (QED) is 0.278. The zero-order chi connectivity index (χ0) is 18.5. The van der Waals surface area contributed by atoms with Crippen LogP contribution in [0.25, 0.3) is 10.9 Å². The maximum atomic E-state index is 14.3. The first-order valence-corrected chi connectivity index (χ1v) is 9.77. The van der Waals surface area contributed by atoms with Crippen LogP contribution in [0.5, 0.6) is 0 Å². The van der Waals surface area contributed by atoms with E-state index in [1.54, 1.807) is 6.26 Å². The van der Waals surface area contributed by atoms with Crippen molar-refractivity contribution < 1.29 is 4.39 Å². The fourth-order valence-corrected chi connectivity index (χ4v) is 3.26. The minimum atomic E-state index is -0.756. The molecular formula is C18H18ClFN4OS. The van der Waals surface area contributed by atoms with Crippen molar-refractivity contribution in [3.8, 4) is 0 Å². The van der Waals surface area contributed by atoms with Crippen molar-refractivity contribution in [3.63, 3.8) is 0 Å². The molecule has 1 aromatic carbocycles. The molecule has 0 aliphatic heterocycles. The summed E-state index contributed by atoms with van der Waals surface area (Å²) in [6.07, 6.45) is 2.99. The molecule has 2 N–H and O–H groups in total. The van der Waals surface area contributed by atoms with Gasteiger partial charge in [0.2, 0.25) is 0 Å². The van der Waals surface area contributed by atoms with Crippen LogP contribution in [0.2, 0.25) is 5.15 Å². The summed E-state index contributed by atoms with van der Waals surface area (Å²) in [7, 11) is 0. The summed E-state index contributed by atoms with van der Waals surface area (Å²) in [6.45, 7) is 1.50. The van der Waals surface area contributed by atoms with Crippen molar-refractivity contribution in [1.29, 1.82) is 0 Å². The number of hydrogen-bond acceptors (Lipinski definition) is 5. The third-order valence-electron chi connectivity index (χ3n) is 3.94. The molecule has 0 fully saturated rings. The summed E-state index contributed by atoms with van der Waals surface area (Å²) < 4.78 is 14.3. The molecule has 0 aliphatic rings. The van der Waals surface area contributed by atoms with E-state index in [2.05, 4.69) is 32.4 Å². The normalized spacial score (nSPS) is 11.2. The Hall–Kier alpha value is -1.96. The molecule has 8 heteroatoms. The van der Waals surface area contributed by atoms with Gasteiger partial charge in [0, 0.05) is 6.54 Å². The molecule has 0 amide bonds. The summed E-state index contributed by atoms with van der Waals surface area (Å²) in [4.78, 5) is 23.2. The number of aryl methyl sites for hydroxylation is 1. The van der Waals surface area contributed by atoms with Crippen molar-refractivity contribution in [2.75, 3.05) is 12.8 Å². The van der Waals surface area contributed by atoms with Gasteiger partial charge in [0.25, 0.3) is 5.56 Å². The van der Waals surface area contributed by atoms with Crippen molar-refractivity contribution in [2.24, 2.45) is 0 Å². The largest absolute Gasteiger partial charge is 0.313 e. The Labute approximate surface area is 159 Å². The number of benzene rings is 1. The number of hydrogen-bond donors (Lipinski definition) is 2. The third kappa shape index (κ3) is 4.23. The van der Waals surface area contributed by atoms with Crippen LogP contribution in [0.15, 0.2) is 40.3 Å². The molecule has 2 heterocycles. The van der Waals surface area contributed by atoms with Gasteiger partial charge in [-0.3, -0.25) is 4.79 Å². The first-order chi connectivity index (χ1) is 12.6. The number of H-pyrrole nitrogens is 1. The second-order valence-electron chi connectivity index (χ2n) is 5.73. The number of nitrogens with zero attached hydrogens (tertiary/aromatic N) is 2. The zero-order valence-electron chi connectivity index (χ0n) is 14.2. The smallest absolute Gasteiger partial charge is 0.261 e. The molecule has 26 heavy (non-hydrogen) atoms. The average molecular weight is 393 g/mol. The van der Waals surface area contributed by atoms with Gasteiger partial charge in [-0.05, 0) is 31.2 Å². The SMILES string of the molecule is CSc1nc2c(F)c(Cl)nc(CCCNCc3ccccc3)c2c(=O)[nH]1. The van der Waals surface area contributed by atoms with E-state index in [1.165, 1.54) is 17.3 Å². The van der Waals surface area contributed by atoms with Gasteiger partial charge in [0.15, 0.2) is 16.1 Å². The van der Waals surface area contributed by atoms with E-state index in [9.17, 15) is 9.18 Å². The molecule has 3 aromatic rings. The molecular weight excluding hydrogens is 375 g/mol. The minimum absolute atomic E-state index is 0.0228. The number of nitrogens with one attached hydrogen (secondary N) is 2. The predicted octanol–water partition coefficient (Wildman–Crippen LogP) is 3.55. The molecule has 2 aromatic heterocycles. The summed E-state index contributed by atoms with van der Waals surface area (Å²) in [5.74, 6) is -0.756. The highest BCUT2D eigenvalue weighted by molar-refractivity contribution is 7.98. The van der Waals surface area contributed by atoms with Gasteiger partial charge >= 0.3 is 0 Å². The second kappa shape index (κ2) is 8.62. The average Bonchev–Trinajstić information content (AvgIpc) is 2.65. The lowest BCUT2D eigenvalue weighted by molar-refractivity contribution is 0.622. The van der Waals surface area contributed by atoms with E-state index in [4.69, 9.17) is 11.6 Å². The van der Waals surface area contributed by atoms with Crippen molar-refractivity contribution >= 4 is 34.3 Å². The van der Waals surface area contributed by atoms with Gasteiger partial charge in [-0.2, -0.15) is 0 Å². The summed E-state index contributed by atoms with van der Waals surface area (Å²) in [5, 5.41) is 3.60. The molecule has 0 radical (unpaired) electrons. The number of halogens is 2. The Morgan fingerprint density at radius 3 is 2.77 bits per heavy atom. The van der Waals surface area contributed by atoms with Crippen LogP contribution in [-0.4, -0.2) is 27.8 Å². The monoisotopic (exact) mass is 392 g/mol. The fourth-order valence-electron chi connectivity index (χ4n) is 2.69. The number of pyridine rings is 1. The van der Waals surface area contributed by atoms with Crippen LogP contribution in [0.1, 0.15) is 17.7 Å². The molecule has 0 aliphatic carbocycles. The zero-order valence-corrected chi connectivity index (χ0v) is 15.8. The van der Waals surface area contributed by atoms with E-state index < -0.39 is 11.4 Å². The van der Waals surface area contributed by atoms with Crippen molar-refractivity contribution in [3.05, 3.63) is 62.9 Å². The number of fused-ring (bicyclic) bond motifs is 1. The second-order valence-corrected chi connectivity index (χ2v) is 6.88. The minimum Gasteiger partial charge on any atom is -0.313 e. The Bertz CT molecular complexity index is 965. The first-order valence-electron chi connectivity index (χ1n) is 8.16. The molecule has 0 unspecified atom stereocenters. The molecule has 0 bridgehead atoms. The maximum Gasteiger partial charge on any atom is 0.261 e. The summed E-state index contributed by atoms with van der Waals surface area (Å²) in [6, 6.07) is 10.1. The van der Waals surface area contributed by atoms with Crippen LogP contribution >= 0.6 is 23.4 Å². The van der Waals surface area contributed by atoms with Gasteiger partial charge in [-0.25, -0.2) is 14.4 Å². The van der Waals surface area contributed by atoms with Gasteiger partial charge in [-0.15, -0.1) is 0 Å². The van der Waals surface area contributed by atoms with Crippen molar-refractivity contribution in [2.45, 2.75) is 24.5 Å². The molecule has 0 saturated heterocycles. The van der Waals surface area contributed by atoms with E-state index in [-0.39, 0.29) is 16.1 Å². The molecule has 136 valence electrons. The van der Waals surface area contributed by atoms with Crippen LogP contribution in [0.3, 0.4) is 0 Å². The Morgan fingerprint density at radius 1 is 1.27 bits per heavy atom. The highest BCUT2D eigenvalue weighted by Gasteiger charge is 2.17.